The van der Waals surface area contributed by atoms with Crippen LogP contribution in [0.15, 0.2) is 36.4 Å². The fraction of sp³-hybridized carbons (Fsp3) is 0.409. The van der Waals surface area contributed by atoms with Crippen LogP contribution in [0.4, 0.5) is 14.5 Å². The van der Waals surface area contributed by atoms with Crippen molar-refractivity contribution in [1.29, 1.82) is 0 Å². The Labute approximate surface area is 165 Å². The van der Waals surface area contributed by atoms with Gasteiger partial charge in [0, 0.05) is 37.9 Å². The average Bonchev–Trinajstić information content (AvgIpc) is 2.70. The van der Waals surface area contributed by atoms with E-state index >= 15 is 0 Å². The van der Waals surface area contributed by atoms with Crippen LogP contribution < -0.4 is 10.2 Å². The van der Waals surface area contributed by atoms with Crippen molar-refractivity contribution < 1.29 is 13.6 Å². The van der Waals surface area contributed by atoms with Gasteiger partial charge in [-0.15, -0.1) is 0 Å². The number of hydrogen-bond acceptors (Lipinski definition) is 3. The van der Waals surface area contributed by atoms with Crippen molar-refractivity contribution in [2.24, 2.45) is 0 Å². The minimum atomic E-state index is -0.875. The maximum Gasteiger partial charge on any atom is 0.236 e. The molecule has 1 aliphatic rings. The molecule has 150 valence electrons. The van der Waals surface area contributed by atoms with Gasteiger partial charge in [-0.05, 0) is 55.7 Å². The molecule has 1 fully saturated rings. The highest BCUT2D eigenvalue weighted by atomic mass is 19.2. The van der Waals surface area contributed by atoms with E-state index in [0.717, 1.165) is 19.2 Å². The standard InChI is InChI=1S/C22H27F2N3O/c1-15-5-4-6-21(16(15)2)26-9-11-27(12-10-26)22(28)14-25-17(3)18-7-8-19(23)20(24)13-18/h4-8,13,17,25H,9-12,14H2,1-3H3/t17-/m1/s1. The number of piperazine rings is 1. The van der Waals surface area contributed by atoms with Crippen molar-refractivity contribution in [1.82, 2.24) is 10.2 Å². The molecule has 4 nitrogen and oxygen atoms in total. The summed E-state index contributed by atoms with van der Waals surface area (Å²) in [5, 5.41) is 3.11. The second-order valence-corrected chi connectivity index (χ2v) is 7.36. The lowest BCUT2D eigenvalue weighted by Gasteiger charge is -2.37. The number of anilines is 1. The lowest BCUT2D eigenvalue weighted by atomic mass is 10.1. The molecule has 1 atom stereocenters. The number of hydrogen-bond donors (Lipinski definition) is 1. The Morgan fingerprint density at radius 1 is 1.07 bits per heavy atom. The zero-order chi connectivity index (χ0) is 20.3. The molecule has 0 aliphatic carbocycles. The second kappa shape index (κ2) is 8.69. The predicted molar refractivity (Wildman–Crippen MR) is 107 cm³/mol. The highest BCUT2D eigenvalue weighted by molar-refractivity contribution is 5.78. The first kappa shape index (κ1) is 20.3. The van der Waals surface area contributed by atoms with E-state index in [1.807, 2.05) is 11.8 Å². The molecular formula is C22H27F2N3O. The SMILES string of the molecule is Cc1cccc(N2CCN(C(=O)CN[C@H](C)c3ccc(F)c(F)c3)CC2)c1C. The molecule has 1 N–H and O–H groups in total. The van der Waals surface area contributed by atoms with Gasteiger partial charge in [-0.2, -0.15) is 0 Å². The summed E-state index contributed by atoms with van der Waals surface area (Å²) in [7, 11) is 0. The topological polar surface area (TPSA) is 35.6 Å². The number of amides is 1. The molecule has 0 bridgehead atoms. The molecule has 0 aromatic heterocycles. The average molecular weight is 387 g/mol. The fourth-order valence-corrected chi connectivity index (χ4v) is 3.53. The van der Waals surface area contributed by atoms with Crippen LogP contribution in [0.1, 0.15) is 29.7 Å². The van der Waals surface area contributed by atoms with E-state index in [1.165, 1.54) is 28.9 Å². The zero-order valence-electron chi connectivity index (χ0n) is 16.6. The van der Waals surface area contributed by atoms with E-state index in [4.69, 9.17) is 0 Å². The maximum absolute atomic E-state index is 13.4. The number of nitrogens with one attached hydrogen (secondary N) is 1. The van der Waals surface area contributed by atoms with Gasteiger partial charge >= 0.3 is 0 Å². The van der Waals surface area contributed by atoms with E-state index in [9.17, 15) is 13.6 Å². The van der Waals surface area contributed by atoms with Crippen LogP contribution >= 0.6 is 0 Å². The summed E-state index contributed by atoms with van der Waals surface area (Å²) in [6, 6.07) is 9.87. The van der Waals surface area contributed by atoms with Gasteiger partial charge in [0.15, 0.2) is 11.6 Å². The Bertz CT molecular complexity index is 848. The molecule has 0 saturated carbocycles. The fourth-order valence-electron chi connectivity index (χ4n) is 3.53. The molecule has 1 amide bonds. The van der Waals surface area contributed by atoms with Gasteiger partial charge in [-0.25, -0.2) is 8.78 Å². The number of halogens is 2. The van der Waals surface area contributed by atoms with E-state index < -0.39 is 11.6 Å². The van der Waals surface area contributed by atoms with Crippen molar-refractivity contribution in [3.8, 4) is 0 Å². The van der Waals surface area contributed by atoms with E-state index in [1.54, 1.807) is 0 Å². The van der Waals surface area contributed by atoms with Crippen LogP contribution in [0.3, 0.4) is 0 Å². The van der Waals surface area contributed by atoms with Gasteiger partial charge in [0.25, 0.3) is 0 Å². The number of benzene rings is 2. The van der Waals surface area contributed by atoms with E-state index in [-0.39, 0.29) is 18.5 Å². The minimum Gasteiger partial charge on any atom is -0.368 e. The van der Waals surface area contributed by atoms with Crippen LogP contribution in [0.5, 0.6) is 0 Å². The molecule has 1 heterocycles. The quantitative estimate of drug-likeness (QED) is 0.852. The molecule has 1 aliphatic heterocycles. The van der Waals surface area contributed by atoms with Crippen LogP contribution in [0.2, 0.25) is 0 Å². The van der Waals surface area contributed by atoms with Gasteiger partial charge in [0.2, 0.25) is 5.91 Å². The Morgan fingerprint density at radius 2 is 1.79 bits per heavy atom. The largest absolute Gasteiger partial charge is 0.368 e. The van der Waals surface area contributed by atoms with Crippen LogP contribution in [-0.2, 0) is 4.79 Å². The van der Waals surface area contributed by atoms with E-state index in [0.29, 0.717) is 18.7 Å². The van der Waals surface area contributed by atoms with Crippen molar-refractivity contribution >= 4 is 11.6 Å². The number of aryl methyl sites for hydroxylation is 1. The molecule has 2 aromatic rings. The van der Waals surface area contributed by atoms with Gasteiger partial charge in [-0.1, -0.05) is 18.2 Å². The summed E-state index contributed by atoms with van der Waals surface area (Å²) in [6.45, 7) is 9.19. The summed E-state index contributed by atoms with van der Waals surface area (Å²) in [4.78, 5) is 16.7. The first-order valence-electron chi connectivity index (χ1n) is 9.64. The Hall–Kier alpha value is -2.47. The van der Waals surface area contributed by atoms with Crippen molar-refractivity contribution in [3.05, 3.63) is 64.7 Å². The zero-order valence-corrected chi connectivity index (χ0v) is 16.6. The van der Waals surface area contributed by atoms with Gasteiger partial charge < -0.3 is 15.1 Å². The van der Waals surface area contributed by atoms with Gasteiger partial charge in [-0.3, -0.25) is 4.79 Å². The molecule has 2 aromatic carbocycles. The summed E-state index contributed by atoms with van der Waals surface area (Å²) in [5.41, 5.74) is 4.40. The number of rotatable bonds is 5. The summed E-state index contributed by atoms with van der Waals surface area (Å²) in [6.07, 6.45) is 0. The normalized spacial score (nSPS) is 15.6. The van der Waals surface area contributed by atoms with Crippen molar-refractivity contribution in [2.75, 3.05) is 37.6 Å². The highest BCUT2D eigenvalue weighted by Crippen LogP contribution is 2.24. The third-order valence-corrected chi connectivity index (χ3v) is 5.55. The second-order valence-electron chi connectivity index (χ2n) is 7.36. The first-order chi connectivity index (χ1) is 13.4. The lowest BCUT2D eigenvalue weighted by Crippen LogP contribution is -2.51. The minimum absolute atomic E-state index is 0.0232. The Balaban J connectivity index is 1.51. The molecule has 0 radical (unpaired) electrons. The first-order valence-corrected chi connectivity index (χ1v) is 9.64. The third-order valence-electron chi connectivity index (χ3n) is 5.55. The van der Waals surface area contributed by atoms with Crippen molar-refractivity contribution in [2.45, 2.75) is 26.8 Å². The molecule has 1 saturated heterocycles. The number of nitrogens with zero attached hydrogens (tertiary/aromatic N) is 2. The molecule has 0 spiro atoms. The lowest BCUT2D eigenvalue weighted by molar-refractivity contribution is -0.130. The number of carbonyl (C=O) groups excluding carboxylic acids is 1. The van der Waals surface area contributed by atoms with Crippen LogP contribution in [0.25, 0.3) is 0 Å². The van der Waals surface area contributed by atoms with E-state index in [2.05, 4.69) is 42.3 Å². The van der Waals surface area contributed by atoms with Crippen molar-refractivity contribution in [3.63, 3.8) is 0 Å². The van der Waals surface area contributed by atoms with Gasteiger partial charge in [0.1, 0.15) is 0 Å². The third kappa shape index (κ3) is 4.50. The molecule has 3 rings (SSSR count). The summed E-state index contributed by atoms with van der Waals surface area (Å²) >= 11 is 0. The molecular weight excluding hydrogens is 360 g/mol. The molecule has 0 unspecified atom stereocenters. The summed E-state index contributed by atoms with van der Waals surface area (Å²) < 4.78 is 26.4. The summed E-state index contributed by atoms with van der Waals surface area (Å²) in [5.74, 6) is -1.72. The smallest absolute Gasteiger partial charge is 0.236 e. The Morgan fingerprint density at radius 3 is 2.46 bits per heavy atom. The van der Waals surface area contributed by atoms with Gasteiger partial charge in [0.05, 0.1) is 6.54 Å². The molecule has 6 heteroatoms. The van der Waals surface area contributed by atoms with Crippen LogP contribution in [0, 0.1) is 25.5 Å². The molecule has 28 heavy (non-hydrogen) atoms. The Kier molecular flexibility index (Phi) is 6.29. The monoisotopic (exact) mass is 387 g/mol. The number of carbonyl (C=O) groups is 1. The highest BCUT2D eigenvalue weighted by Gasteiger charge is 2.22. The van der Waals surface area contributed by atoms with Crippen LogP contribution in [-0.4, -0.2) is 43.5 Å². The maximum atomic E-state index is 13.4. The predicted octanol–water partition coefficient (Wildman–Crippen LogP) is 3.58.